The van der Waals surface area contributed by atoms with E-state index in [2.05, 4.69) is 17.2 Å². The van der Waals surface area contributed by atoms with Crippen molar-refractivity contribution in [1.82, 2.24) is 18.8 Å². The molecule has 2 aromatic heterocycles. The molecule has 3 aromatic rings. The third-order valence-electron chi connectivity index (χ3n) is 7.65. The number of aromatic nitrogens is 2. The number of amides is 1. The summed E-state index contributed by atoms with van der Waals surface area (Å²) in [4.78, 5) is 15.2. The van der Waals surface area contributed by atoms with Gasteiger partial charge in [0.05, 0.1) is 22.2 Å². The molecule has 4 rings (SSSR count). The van der Waals surface area contributed by atoms with E-state index in [1.54, 1.807) is 19.9 Å². The molecule has 0 spiro atoms. The van der Waals surface area contributed by atoms with Crippen molar-refractivity contribution in [3.63, 3.8) is 0 Å². The lowest BCUT2D eigenvalue weighted by atomic mass is 9.90. The van der Waals surface area contributed by atoms with Crippen LogP contribution in [0.4, 0.5) is 0 Å². The quantitative estimate of drug-likeness (QED) is 0.499. The largest absolute Gasteiger partial charge is 0.339 e. The Balaban J connectivity index is 1.57. The summed E-state index contributed by atoms with van der Waals surface area (Å²) in [5, 5.41) is 4.37. The zero-order chi connectivity index (χ0) is 25.5. The summed E-state index contributed by atoms with van der Waals surface area (Å²) in [6, 6.07) is 6.15. The summed E-state index contributed by atoms with van der Waals surface area (Å²) in [7, 11) is -3.56. The Labute approximate surface area is 208 Å². The summed E-state index contributed by atoms with van der Waals surface area (Å²) in [5.41, 5.74) is 6.23. The van der Waals surface area contributed by atoms with E-state index in [1.807, 2.05) is 53.8 Å². The SMILES string of the molecule is CCN(CC)C(=O)c1cnn2ccc(C3CCN(S(=O)(=O)c4c(C)c(C)cc(C)c4C)CC3)cc12. The number of hydrogen-bond donors (Lipinski definition) is 0. The predicted molar refractivity (Wildman–Crippen MR) is 139 cm³/mol. The number of aryl methyl sites for hydroxylation is 2. The summed E-state index contributed by atoms with van der Waals surface area (Å²) in [6.07, 6.45) is 5.02. The van der Waals surface area contributed by atoms with Gasteiger partial charge >= 0.3 is 0 Å². The summed E-state index contributed by atoms with van der Waals surface area (Å²) in [6.45, 7) is 14.0. The van der Waals surface area contributed by atoms with Gasteiger partial charge in [0.25, 0.3) is 5.91 Å². The van der Waals surface area contributed by atoms with Gasteiger partial charge in [-0.25, -0.2) is 12.9 Å². The first-order valence-electron chi connectivity index (χ1n) is 12.4. The molecule has 1 saturated heterocycles. The van der Waals surface area contributed by atoms with Gasteiger partial charge in [0.15, 0.2) is 0 Å². The van der Waals surface area contributed by atoms with Gasteiger partial charge in [-0.15, -0.1) is 0 Å². The molecule has 0 N–H and O–H groups in total. The van der Waals surface area contributed by atoms with Crippen LogP contribution in [0.1, 0.15) is 70.8 Å². The molecule has 0 bridgehead atoms. The summed E-state index contributed by atoms with van der Waals surface area (Å²) in [5.74, 6) is 0.224. The molecule has 8 heteroatoms. The lowest BCUT2D eigenvalue weighted by Crippen LogP contribution is -2.38. The Kier molecular flexibility index (Phi) is 7.06. The first-order chi connectivity index (χ1) is 16.6. The van der Waals surface area contributed by atoms with Crippen molar-refractivity contribution in [2.75, 3.05) is 26.2 Å². The number of rotatable bonds is 6. The second kappa shape index (κ2) is 9.74. The molecule has 0 radical (unpaired) electrons. The number of pyridine rings is 1. The van der Waals surface area contributed by atoms with Crippen molar-refractivity contribution in [2.45, 2.75) is 65.2 Å². The van der Waals surface area contributed by atoms with E-state index < -0.39 is 10.0 Å². The highest BCUT2D eigenvalue weighted by molar-refractivity contribution is 7.89. The topological polar surface area (TPSA) is 75.0 Å². The molecule has 1 aliphatic heterocycles. The molecule has 7 nitrogen and oxygen atoms in total. The molecule has 1 aromatic carbocycles. The molecule has 1 fully saturated rings. The predicted octanol–water partition coefficient (Wildman–Crippen LogP) is 4.62. The first kappa shape index (κ1) is 25.4. The van der Waals surface area contributed by atoms with E-state index in [1.165, 1.54) is 0 Å². The summed E-state index contributed by atoms with van der Waals surface area (Å²) >= 11 is 0. The third-order valence-corrected chi connectivity index (χ3v) is 9.82. The van der Waals surface area contributed by atoms with E-state index in [4.69, 9.17) is 0 Å². The lowest BCUT2D eigenvalue weighted by molar-refractivity contribution is 0.0775. The Morgan fingerprint density at radius 1 is 1.03 bits per heavy atom. The van der Waals surface area contributed by atoms with Gasteiger partial charge in [-0.05, 0) is 100 Å². The van der Waals surface area contributed by atoms with E-state index in [9.17, 15) is 13.2 Å². The first-order valence-corrected chi connectivity index (χ1v) is 13.9. The lowest BCUT2D eigenvalue weighted by Gasteiger charge is -2.32. The number of hydrogen-bond acceptors (Lipinski definition) is 4. The van der Waals surface area contributed by atoms with Gasteiger partial charge in [0, 0.05) is 32.4 Å². The van der Waals surface area contributed by atoms with Crippen molar-refractivity contribution >= 4 is 21.4 Å². The number of sulfonamides is 1. The fourth-order valence-electron chi connectivity index (χ4n) is 5.22. The van der Waals surface area contributed by atoms with E-state index in [-0.39, 0.29) is 11.8 Å². The van der Waals surface area contributed by atoms with Crippen molar-refractivity contribution in [2.24, 2.45) is 0 Å². The van der Waals surface area contributed by atoms with Crippen LogP contribution in [0.15, 0.2) is 35.5 Å². The van der Waals surface area contributed by atoms with Gasteiger partial charge in [-0.1, -0.05) is 6.07 Å². The number of fused-ring (bicyclic) bond motifs is 1. The highest BCUT2D eigenvalue weighted by Gasteiger charge is 2.33. The minimum Gasteiger partial charge on any atom is -0.339 e. The molecule has 1 aliphatic rings. The van der Waals surface area contributed by atoms with Gasteiger partial charge in [0.2, 0.25) is 10.0 Å². The molecule has 35 heavy (non-hydrogen) atoms. The van der Waals surface area contributed by atoms with Gasteiger partial charge < -0.3 is 4.90 Å². The fourth-order valence-corrected chi connectivity index (χ4v) is 7.27. The van der Waals surface area contributed by atoms with Gasteiger partial charge in [0.1, 0.15) is 0 Å². The van der Waals surface area contributed by atoms with E-state index >= 15 is 0 Å². The molecule has 3 heterocycles. The van der Waals surface area contributed by atoms with Crippen molar-refractivity contribution < 1.29 is 13.2 Å². The monoisotopic (exact) mass is 496 g/mol. The number of carbonyl (C=O) groups is 1. The van der Waals surface area contributed by atoms with Crippen molar-refractivity contribution in [1.29, 1.82) is 0 Å². The average Bonchev–Trinajstić information content (AvgIpc) is 3.27. The fraction of sp³-hybridized carbons (Fsp3) is 0.481. The molecule has 0 aliphatic carbocycles. The zero-order valence-electron chi connectivity index (χ0n) is 21.6. The van der Waals surface area contributed by atoms with Crippen LogP contribution in [0, 0.1) is 27.7 Å². The Morgan fingerprint density at radius 3 is 2.20 bits per heavy atom. The number of benzene rings is 1. The second-order valence-electron chi connectivity index (χ2n) is 9.59. The molecular weight excluding hydrogens is 460 g/mol. The maximum Gasteiger partial charge on any atom is 0.257 e. The van der Waals surface area contributed by atoms with Crippen LogP contribution in [-0.2, 0) is 10.0 Å². The molecule has 1 amide bonds. The van der Waals surface area contributed by atoms with Crippen LogP contribution in [-0.4, -0.2) is 59.3 Å². The zero-order valence-corrected chi connectivity index (χ0v) is 22.4. The number of piperidine rings is 1. The Hall–Kier alpha value is -2.71. The normalized spacial score (nSPS) is 15.6. The Morgan fingerprint density at radius 2 is 1.63 bits per heavy atom. The Bertz CT molecular complexity index is 1340. The number of nitrogens with zero attached hydrogens (tertiary/aromatic N) is 4. The van der Waals surface area contributed by atoms with E-state index in [0.717, 1.165) is 46.2 Å². The highest BCUT2D eigenvalue weighted by Crippen LogP contribution is 2.34. The maximum atomic E-state index is 13.6. The molecular formula is C27H36N4O3S. The van der Waals surface area contributed by atoms with E-state index in [0.29, 0.717) is 36.6 Å². The van der Waals surface area contributed by atoms with Crippen LogP contribution in [0.5, 0.6) is 0 Å². The third kappa shape index (κ3) is 4.49. The average molecular weight is 497 g/mol. The summed E-state index contributed by atoms with van der Waals surface area (Å²) < 4.78 is 30.6. The molecule has 0 saturated carbocycles. The minimum absolute atomic E-state index is 0.0118. The van der Waals surface area contributed by atoms with Crippen LogP contribution in [0.25, 0.3) is 5.52 Å². The van der Waals surface area contributed by atoms with Crippen LogP contribution >= 0.6 is 0 Å². The van der Waals surface area contributed by atoms with Crippen molar-refractivity contribution in [3.05, 3.63) is 64.0 Å². The van der Waals surface area contributed by atoms with Crippen LogP contribution < -0.4 is 0 Å². The highest BCUT2D eigenvalue weighted by atomic mass is 32.2. The maximum absolute atomic E-state index is 13.6. The van der Waals surface area contributed by atoms with Crippen molar-refractivity contribution in [3.8, 4) is 0 Å². The second-order valence-corrected chi connectivity index (χ2v) is 11.5. The van der Waals surface area contributed by atoms with Gasteiger partial charge in [-0.3, -0.25) is 4.79 Å². The van der Waals surface area contributed by atoms with Crippen LogP contribution in [0.2, 0.25) is 0 Å². The van der Waals surface area contributed by atoms with Crippen LogP contribution in [0.3, 0.4) is 0 Å². The number of carbonyl (C=O) groups excluding carboxylic acids is 1. The smallest absolute Gasteiger partial charge is 0.257 e. The molecule has 0 atom stereocenters. The van der Waals surface area contributed by atoms with Gasteiger partial charge in [-0.2, -0.15) is 9.40 Å². The molecule has 0 unspecified atom stereocenters. The standard InChI is InChI=1S/C27H36N4O3S/c1-7-29(8-2)27(32)24-17-28-31-14-11-23(16-25(24)31)22-9-12-30(13-10-22)35(33,34)26-20(5)18(3)15-19(4)21(26)6/h11,14-17,22H,7-10,12-13H2,1-6H3. The molecule has 188 valence electrons. The minimum atomic E-state index is -3.56.